The van der Waals surface area contributed by atoms with Crippen molar-refractivity contribution < 1.29 is 63.8 Å². The minimum atomic E-state index is -6.12. The zero-order chi connectivity index (χ0) is 85.7. The van der Waals surface area contributed by atoms with E-state index >= 15 is 0 Å². The number of piperazine rings is 2. The Labute approximate surface area is 715 Å². The van der Waals surface area contributed by atoms with Gasteiger partial charge in [-0.3, -0.25) is 38.7 Å². The van der Waals surface area contributed by atoms with Crippen molar-refractivity contribution in [2.75, 3.05) is 152 Å². The summed E-state index contributed by atoms with van der Waals surface area (Å²) in [5.41, 5.74) is 1.74. The van der Waals surface area contributed by atoms with E-state index in [1.165, 1.54) is 39.9 Å². The van der Waals surface area contributed by atoms with Crippen molar-refractivity contribution in [1.82, 2.24) is 60.4 Å². The van der Waals surface area contributed by atoms with Gasteiger partial charge in [0, 0.05) is 163 Å². The molecule has 4 saturated heterocycles. The molecule has 6 N–H and O–H groups in total. The number of hydrogen-bond acceptors (Lipinski definition) is 23. The standard InChI is InChI=1S/C86H111ClF3N15O11S4/c1-58(60-15-17-62(18-16-60)78-59(2)92-57-118-78)93-82(110)74-49-68(106)53-105(74)83(111)79(84(3,4)5)95-77(107)54-99(7)35-11-34-91-81(109)73-29-30-76(97-96-73)104-44-40-102(41-45-104)56-85(6)33-31-71(61-19-23-65(87)24-20-61)64(51-85)52-101-38-42-103(43-39-101)67-25-21-63(22-26-67)80(108)98-120(114,115)70-27-28-72(75(50-70)119(112,113)86(88,89)90)94-66(55-117-69-13-9-8-10-14-69)32-37-100-36-12-47-116-48-46-100/h8-10,13-15,17-30,50,57-58,60,66,68,74,79,94,106H,11-12,16,31-49,51-56H2,1-7H3,(H,91,109)(H,93,110)(H,95,107)(H,98,108)/t58-,60?,66+,68+,74-,79+,85+/m0/s1. The number of likely N-dealkylation sites (N-methyl/N-ethyl adjacent to an activating group) is 1. The number of likely N-dealkylation sites (tertiary alicyclic amines) is 1. The molecule has 4 aliphatic heterocycles. The maximum absolute atomic E-state index is 14.5. The van der Waals surface area contributed by atoms with Crippen molar-refractivity contribution >= 4 is 112 Å². The Morgan fingerprint density at radius 3 is 2.23 bits per heavy atom. The number of allylic oxidation sites excluding steroid dienone is 4. The Bertz CT molecular complexity index is 4890. The van der Waals surface area contributed by atoms with Crippen molar-refractivity contribution in [2.45, 2.75) is 143 Å². The molecule has 26 nitrogen and oxygen atoms in total. The van der Waals surface area contributed by atoms with Crippen LogP contribution in [0.4, 0.5) is 30.4 Å². The molecule has 2 aromatic heterocycles. The van der Waals surface area contributed by atoms with Gasteiger partial charge < -0.3 is 50.7 Å². The number of anilines is 3. The zero-order valence-electron chi connectivity index (χ0n) is 69.1. The van der Waals surface area contributed by atoms with E-state index in [2.05, 4.69) is 98.2 Å². The minimum absolute atomic E-state index is 0.0265. The van der Waals surface area contributed by atoms with Crippen LogP contribution in [0.1, 0.15) is 123 Å². The lowest BCUT2D eigenvalue weighted by Crippen LogP contribution is -2.59. The monoisotopic (exact) mass is 1750 g/mol. The SMILES string of the molecule is Cc1ncsc1C1=CCC([C@H](C)NC(=O)[C@@H]2C[C@@H](O)CN2C(=O)[C@@H](NC(=O)CN(C)CCCNC(=O)c2ccc(N3CCN(C[C@]4(C)CCC(c5ccc(Cl)cc5)=C(CN5CCN(c6ccc(C(=O)NS(=O)(=O)c7ccc(N[C@H](CCN8CCCOCC8)CSc8ccccc8)c(S(=O)(=O)C(F)(F)F)c7)cc6)CC5)C4)CC3)nn2)C(C)(C)C)C=C1. The average Bonchev–Trinajstić information content (AvgIpc) is 1.09. The highest BCUT2D eigenvalue weighted by atomic mass is 35.5. The van der Waals surface area contributed by atoms with Crippen LogP contribution in [-0.2, 0) is 39.0 Å². The van der Waals surface area contributed by atoms with E-state index in [-0.39, 0.29) is 65.9 Å². The summed E-state index contributed by atoms with van der Waals surface area (Å²) in [6, 6.07) is 27.0. The third kappa shape index (κ3) is 23.9. The molecular formula is C86H111ClF3N15O11S4. The minimum Gasteiger partial charge on any atom is -0.391 e. The first-order valence-corrected chi connectivity index (χ1v) is 46.3. The molecule has 5 amide bonds. The lowest BCUT2D eigenvalue weighted by atomic mass is 9.71. The second-order valence-corrected chi connectivity index (χ2v) is 39.6. The number of nitrogens with zero attached hydrogens (tertiary/aromatic N) is 10. The van der Waals surface area contributed by atoms with Gasteiger partial charge in [0.2, 0.25) is 17.7 Å². The molecule has 0 spiro atoms. The highest BCUT2D eigenvalue weighted by molar-refractivity contribution is 7.99. The van der Waals surface area contributed by atoms with Crippen LogP contribution in [-0.4, -0.2) is 264 Å². The molecule has 1 unspecified atom stereocenters. The topological polar surface area (TPSA) is 305 Å². The molecule has 12 rings (SSSR count). The van der Waals surface area contributed by atoms with Crippen LogP contribution in [0.25, 0.3) is 11.1 Å². The summed E-state index contributed by atoms with van der Waals surface area (Å²) in [7, 11) is -9.26. The van der Waals surface area contributed by atoms with Gasteiger partial charge in [0.15, 0.2) is 11.5 Å². The van der Waals surface area contributed by atoms with E-state index in [1.807, 2.05) is 98.3 Å². The third-order valence-corrected chi connectivity index (χ3v) is 28.6. The number of halogens is 4. The summed E-state index contributed by atoms with van der Waals surface area (Å²) in [5.74, 6) is -1.54. The number of thiazole rings is 1. The average molecular weight is 1750 g/mol. The quantitative estimate of drug-likeness (QED) is 0.0169. The van der Waals surface area contributed by atoms with Crippen molar-refractivity contribution in [3.05, 3.63) is 171 Å². The van der Waals surface area contributed by atoms with E-state index in [0.29, 0.717) is 88.0 Å². The first kappa shape index (κ1) is 90.9. The van der Waals surface area contributed by atoms with Crippen LogP contribution in [0.15, 0.2) is 153 Å². The van der Waals surface area contributed by atoms with Crippen LogP contribution >= 0.6 is 34.7 Å². The summed E-state index contributed by atoms with van der Waals surface area (Å²) in [5, 5.41) is 32.3. The number of ether oxygens (including phenoxy) is 1. The summed E-state index contributed by atoms with van der Waals surface area (Å²) < 4.78 is 105. The zero-order valence-corrected chi connectivity index (χ0v) is 73.1. The van der Waals surface area contributed by atoms with Gasteiger partial charge in [-0.15, -0.1) is 33.3 Å². The predicted molar refractivity (Wildman–Crippen MR) is 463 cm³/mol. The molecule has 0 radical (unpaired) electrons. The van der Waals surface area contributed by atoms with E-state index in [4.69, 9.17) is 16.3 Å². The number of aromatic nitrogens is 3. The number of aryl methyl sites for hydroxylation is 1. The Morgan fingerprint density at radius 1 is 0.833 bits per heavy atom. The van der Waals surface area contributed by atoms with E-state index in [9.17, 15) is 59.1 Å². The number of carbonyl (C=O) groups excluding carboxylic acids is 5. The van der Waals surface area contributed by atoms with E-state index < -0.39 is 82.3 Å². The number of nitrogens with one attached hydrogen (secondary N) is 5. The number of alkyl halides is 3. The first-order chi connectivity index (χ1) is 57.1. The van der Waals surface area contributed by atoms with Gasteiger partial charge >= 0.3 is 5.51 Å². The Morgan fingerprint density at radius 2 is 1.56 bits per heavy atom. The fourth-order valence-electron chi connectivity index (χ4n) is 16.5. The normalized spacial score (nSPS) is 20.9. The first-order valence-electron chi connectivity index (χ1n) is 41.1. The van der Waals surface area contributed by atoms with Crippen molar-refractivity contribution in [2.24, 2.45) is 16.7 Å². The molecule has 4 aromatic carbocycles. The van der Waals surface area contributed by atoms with Crippen LogP contribution in [0.2, 0.25) is 5.02 Å². The summed E-state index contributed by atoms with van der Waals surface area (Å²) in [6.45, 7) is 23.1. The Hall–Kier alpha value is -8.35. The smallest absolute Gasteiger partial charge is 0.391 e. The number of rotatable bonds is 32. The number of sulfonamides is 1. The largest absolute Gasteiger partial charge is 0.501 e. The van der Waals surface area contributed by atoms with Gasteiger partial charge in [-0.1, -0.05) is 93.4 Å². The molecule has 2 aliphatic carbocycles. The van der Waals surface area contributed by atoms with Gasteiger partial charge in [0.1, 0.15) is 17.0 Å². The molecule has 7 atom stereocenters. The van der Waals surface area contributed by atoms with Crippen LogP contribution in [0.3, 0.4) is 0 Å². The summed E-state index contributed by atoms with van der Waals surface area (Å²) >= 11 is 9.44. The molecule has 6 heterocycles. The molecule has 34 heteroatoms. The van der Waals surface area contributed by atoms with Gasteiger partial charge in [0.05, 0.1) is 45.9 Å². The molecule has 6 aromatic rings. The van der Waals surface area contributed by atoms with Crippen molar-refractivity contribution in [3.63, 3.8) is 0 Å². The third-order valence-electron chi connectivity index (χ3n) is 23.3. The molecule has 120 heavy (non-hydrogen) atoms. The van der Waals surface area contributed by atoms with Gasteiger partial charge in [-0.05, 0) is 172 Å². The molecule has 648 valence electrons. The summed E-state index contributed by atoms with van der Waals surface area (Å²) in [4.78, 5) is 87.9. The number of β-amino-alcohol motifs (C(OH)–C–C–N with tert-alkyl or cyclic N) is 1. The van der Waals surface area contributed by atoms with Crippen molar-refractivity contribution in [1.29, 1.82) is 0 Å². The van der Waals surface area contributed by atoms with Gasteiger partial charge in [0.25, 0.3) is 31.7 Å². The van der Waals surface area contributed by atoms with E-state index in [1.54, 1.807) is 36.6 Å². The second kappa shape index (κ2) is 40.3. The number of benzene rings is 4. The molecule has 6 aliphatic rings. The number of aliphatic hydroxyl groups excluding tert-OH is 1. The van der Waals surface area contributed by atoms with Gasteiger partial charge in [-0.25, -0.2) is 26.5 Å². The summed E-state index contributed by atoms with van der Waals surface area (Å²) in [6.07, 6.45) is 10.7. The van der Waals surface area contributed by atoms with E-state index in [0.717, 1.165) is 135 Å². The van der Waals surface area contributed by atoms with Crippen molar-refractivity contribution in [3.8, 4) is 0 Å². The fourth-order valence-corrected chi connectivity index (χ4v) is 20.5. The maximum atomic E-state index is 14.5. The highest BCUT2D eigenvalue weighted by Gasteiger charge is 2.49. The Balaban J connectivity index is 0.581. The number of amides is 5. The molecular weight excluding hydrogens is 1640 g/mol. The molecule has 0 saturated carbocycles. The second-order valence-electron chi connectivity index (χ2n) is 33.6. The lowest BCUT2D eigenvalue weighted by molar-refractivity contribution is -0.144. The fraction of sp³-hybridized carbons (Fsp3) is 0.512. The highest BCUT2D eigenvalue weighted by Crippen LogP contribution is 2.45. The van der Waals surface area contributed by atoms with Gasteiger partial charge in [-0.2, -0.15) is 13.2 Å². The maximum Gasteiger partial charge on any atom is 0.501 e. The predicted octanol–water partition coefficient (Wildman–Crippen LogP) is 10.3. The number of carbonyl (C=O) groups is 5. The molecule has 0 bridgehead atoms. The number of thioether (sulfide) groups is 1. The van der Waals surface area contributed by atoms with Crippen LogP contribution < -0.4 is 35.8 Å². The van der Waals surface area contributed by atoms with Crippen LogP contribution in [0, 0.1) is 23.7 Å². The number of sulfone groups is 1. The Kier molecular flexibility index (Phi) is 30.5. The lowest BCUT2D eigenvalue weighted by Gasteiger charge is -2.44. The number of aliphatic hydroxyl groups is 1. The van der Waals surface area contributed by atoms with Crippen LogP contribution in [0.5, 0.6) is 0 Å². The number of hydrogen-bond donors (Lipinski definition) is 6. The molecule has 4 fully saturated rings.